The van der Waals surface area contributed by atoms with Crippen molar-refractivity contribution in [1.29, 1.82) is 0 Å². The molecule has 0 bridgehead atoms. The summed E-state index contributed by atoms with van der Waals surface area (Å²) in [7, 11) is 0. The highest BCUT2D eigenvalue weighted by Crippen LogP contribution is 2.28. The number of halogens is 1. The summed E-state index contributed by atoms with van der Waals surface area (Å²) in [6, 6.07) is -0.329. The zero-order chi connectivity index (χ0) is 26.8. The molecule has 2 amide bonds. The number of amidine groups is 1. The minimum Gasteiger partial charge on any atom is -0.496 e. The number of aliphatic hydroxyl groups is 2. The van der Waals surface area contributed by atoms with E-state index in [2.05, 4.69) is 6.58 Å². The van der Waals surface area contributed by atoms with Gasteiger partial charge in [0.25, 0.3) is 6.29 Å². The first-order valence-corrected chi connectivity index (χ1v) is 12.3. The molecule has 2 unspecified atom stereocenters. The fourth-order valence-corrected chi connectivity index (χ4v) is 4.42. The van der Waals surface area contributed by atoms with Crippen LogP contribution in [0.5, 0.6) is 0 Å². The van der Waals surface area contributed by atoms with E-state index in [9.17, 15) is 24.2 Å². The van der Waals surface area contributed by atoms with Gasteiger partial charge in [-0.3, -0.25) is 4.79 Å². The molecule has 4 N–H and O–H groups in total. The molecule has 0 saturated carbocycles. The maximum absolute atomic E-state index is 13.3. The zero-order valence-corrected chi connectivity index (χ0v) is 21.5. The van der Waals surface area contributed by atoms with Gasteiger partial charge in [0.05, 0.1) is 5.76 Å². The summed E-state index contributed by atoms with van der Waals surface area (Å²) in [5, 5.41) is 28.4. The summed E-state index contributed by atoms with van der Waals surface area (Å²) in [6.45, 7) is 9.78. The first kappa shape index (κ1) is 29.3. The first-order valence-electron chi connectivity index (χ1n) is 12.3. The van der Waals surface area contributed by atoms with Gasteiger partial charge in [0.15, 0.2) is 0 Å². The summed E-state index contributed by atoms with van der Waals surface area (Å²) in [4.78, 5) is 27.5. The van der Waals surface area contributed by atoms with Crippen molar-refractivity contribution in [2.75, 3.05) is 32.9 Å². The maximum atomic E-state index is 13.3. The highest BCUT2D eigenvalue weighted by atomic mass is 19.1. The van der Waals surface area contributed by atoms with Crippen molar-refractivity contribution in [3.05, 3.63) is 47.4 Å². The van der Waals surface area contributed by atoms with E-state index < -0.39 is 18.9 Å². The van der Waals surface area contributed by atoms with Crippen LogP contribution in [-0.4, -0.2) is 93.3 Å². The lowest BCUT2D eigenvalue weighted by molar-refractivity contribution is -0.543. The van der Waals surface area contributed by atoms with Crippen LogP contribution in [0.15, 0.2) is 47.4 Å². The third-order valence-corrected chi connectivity index (χ3v) is 6.60. The van der Waals surface area contributed by atoms with E-state index in [0.717, 1.165) is 6.41 Å². The minimum absolute atomic E-state index is 0.0622. The van der Waals surface area contributed by atoms with Gasteiger partial charge in [0.2, 0.25) is 6.41 Å². The molecule has 0 aromatic heterocycles. The fourth-order valence-electron chi connectivity index (χ4n) is 4.42. The third kappa shape index (κ3) is 7.51. The highest BCUT2D eigenvalue weighted by molar-refractivity contribution is 5.96. The molecule has 36 heavy (non-hydrogen) atoms. The second kappa shape index (κ2) is 13.9. The van der Waals surface area contributed by atoms with Crippen LogP contribution < -0.4 is 0 Å². The molecule has 0 aromatic carbocycles. The molecule has 200 valence electrons. The van der Waals surface area contributed by atoms with Crippen LogP contribution >= 0.6 is 0 Å². The number of hydrogen-bond acceptors (Lipinski definition) is 4. The molecule has 9 nitrogen and oxygen atoms in total. The van der Waals surface area contributed by atoms with Crippen LogP contribution in [0.3, 0.4) is 0 Å². The molecule has 10 heteroatoms. The van der Waals surface area contributed by atoms with Crippen molar-refractivity contribution in [1.82, 2.24) is 9.80 Å². The number of hydrogen-bond donors (Lipinski definition) is 2. The molecule has 0 radical (unpaired) electrons. The van der Waals surface area contributed by atoms with Crippen molar-refractivity contribution in [3.63, 3.8) is 0 Å². The van der Waals surface area contributed by atoms with Crippen LogP contribution in [0.25, 0.3) is 0 Å². The Balaban J connectivity index is 2.37. The average molecular weight is 510 g/mol. The van der Waals surface area contributed by atoms with E-state index in [0.29, 0.717) is 61.4 Å². The summed E-state index contributed by atoms with van der Waals surface area (Å²) in [5.41, 5.74) is 1.84. The number of likely N-dealkylation sites (tertiary alicyclic amines) is 1. The van der Waals surface area contributed by atoms with E-state index >= 15 is 0 Å². The molecule has 2 aliphatic heterocycles. The number of allylic oxidation sites excluding steroid dienone is 4. The Hall–Kier alpha value is -2.98. The molecule has 0 aliphatic carbocycles. The van der Waals surface area contributed by atoms with Crippen molar-refractivity contribution in [3.8, 4) is 0 Å². The molecule has 1 fully saturated rings. The molecule has 0 aromatic rings. The number of nitrogens with zero attached hydrogens (tertiary/aromatic N) is 3. The fraction of sp³-hybridized carbons (Fsp3) is 0.577. The normalized spacial score (nSPS) is 22.3. The standard InChI is InChI=1S/C26H38FN3O6/c1-5-21(25(33)34)8-6-18(2)16-29-24(32)20(4)23(9-7-19(3)36-15-12-27)30(26(29)35)22-10-13-28(17-31)14-11-22/h5,7,9,17,20,22,25,33-34H,2,6,8,10-16H2,1,3-4H3/p+2/b19-7+,21-5+,23-9+. The lowest BCUT2D eigenvalue weighted by Crippen LogP contribution is -2.55. The Morgan fingerprint density at radius 2 is 2.03 bits per heavy atom. The van der Waals surface area contributed by atoms with Gasteiger partial charge in [0, 0.05) is 31.5 Å². The van der Waals surface area contributed by atoms with E-state index in [4.69, 9.17) is 9.84 Å². The molecular formula is C26H40FN3O6+2. The van der Waals surface area contributed by atoms with Gasteiger partial charge in [-0.05, 0) is 51.3 Å². The monoisotopic (exact) mass is 509 g/mol. The van der Waals surface area contributed by atoms with Gasteiger partial charge >= 0.3 is 11.9 Å². The van der Waals surface area contributed by atoms with E-state index in [1.165, 1.54) is 4.90 Å². The predicted octanol–water partition coefficient (Wildman–Crippen LogP) is 2.11. The smallest absolute Gasteiger partial charge is 0.456 e. The number of aliphatic hydroxyl groups excluding tert-OH is 2. The molecule has 2 heterocycles. The first-order chi connectivity index (χ1) is 17.1. The van der Waals surface area contributed by atoms with Gasteiger partial charge in [-0.2, -0.15) is 9.48 Å². The summed E-state index contributed by atoms with van der Waals surface area (Å²) in [5.74, 6) is -0.379. The highest BCUT2D eigenvalue weighted by Gasteiger charge is 2.46. The maximum Gasteiger partial charge on any atom is 0.456 e. The second-order valence-electron chi connectivity index (χ2n) is 9.11. The molecule has 1 saturated heterocycles. The predicted molar refractivity (Wildman–Crippen MR) is 135 cm³/mol. The van der Waals surface area contributed by atoms with Gasteiger partial charge in [-0.15, -0.1) is 0 Å². The Labute approximate surface area is 212 Å². The topological polar surface area (TPSA) is 116 Å². The van der Waals surface area contributed by atoms with Crippen LogP contribution in [0.1, 0.15) is 46.5 Å². The lowest BCUT2D eigenvalue weighted by Gasteiger charge is -2.34. The quantitative estimate of drug-likeness (QED) is 0.104. The van der Waals surface area contributed by atoms with E-state index in [1.54, 1.807) is 48.5 Å². The second-order valence-corrected chi connectivity index (χ2v) is 9.11. The van der Waals surface area contributed by atoms with Crippen molar-refractivity contribution in [2.24, 2.45) is 5.92 Å². The van der Waals surface area contributed by atoms with Crippen molar-refractivity contribution >= 4 is 18.3 Å². The number of amides is 2. The molecule has 2 rings (SSSR count). The summed E-state index contributed by atoms with van der Waals surface area (Å²) in [6.07, 6.45) is 6.70. The minimum atomic E-state index is -1.30. The van der Waals surface area contributed by atoms with Gasteiger partial charge in [-0.1, -0.05) is 12.7 Å². The number of piperidine rings is 1. The van der Waals surface area contributed by atoms with Crippen LogP contribution in [0.2, 0.25) is 0 Å². The molecule has 2 aliphatic rings. The molecule has 2 atom stereocenters. The Kier molecular flexibility index (Phi) is 11.3. The number of carbonyl (C=O) groups is 2. The molecular weight excluding hydrogens is 469 g/mol. The van der Waals surface area contributed by atoms with E-state index in [1.807, 2.05) is 0 Å². The lowest BCUT2D eigenvalue weighted by atomic mass is 9.97. The van der Waals surface area contributed by atoms with Crippen molar-refractivity contribution < 1.29 is 38.6 Å². The van der Waals surface area contributed by atoms with Gasteiger partial charge in [0.1, 0.15) is 37.5 Å². The van der Waals surface area contributed by atoms with Gasteiger partial charge in [-0.25, -0.2) is 9.18 Å². The average Bonchev–Trinajstić information content (AvgIpc) is 2.86. The van der Waals surface area contributed by atoms with E-state index in [-0.39, 0.29) is 31.1 Å². The number of rotatable bonds is 12. The summed E-state index contributed by atoms with van der Waals surface area (Å²) < 4.78 is 19.5. The SMILES string of the molecule is C=C(CC/C(=C\C)C(O)[OH2+])CN1C(=O)C(C)/C(=C\C=C(/C)OCCF)[N+](C2CCN(C=O)CC2)=C1O. The molecule has 0 spiro atoms. The third-order valence-electron chi connectivity index (χ3n) is 6.60. The Bertz CT molecular complexity index is 932. The number of carbonyl (C=O) groups excluding carboxylic acids is 2. The number of alkyl halides is 1. The van der Waals surface area contributed by atoms with Crippen LogP contribution in [0, 0.1) is 5.92 Å². The van der Waals surface area contributed by atoms with Crippen molar-refractivity contribution in [2.45, 2.75) is 58.8 Å². The van der Waals surface area contributed by atoms with Crippen LogP contribution in [0.4, 0.5) is 4.39 Å². The van der Waals surface area contributed by atoms with Crippen LogP contribution in [-0.2, 0) is 14.3 Å². The van der Waals surface area contributed by atoms with Gasteiger partial charge < -0.3 is 25.0 Å². The zero-order valence-electron chi connectivity index (χ0n) is 21.5. The Morgan fingerprint density at radius 1 is 1.36 bits per heavy atom. The Morgan fingerprint density at radius 3 is 2.58 bits per heavy atom. The number of ether oxygens (including phenoxy) is 1. The summed E-state index contributed by atoms with van der Waals surface area (Å²) >= 11 is 0. The largest absolute Gasteiger partial charge is 0.496 e.